The normalized spacial score (nSPS) is 10.9. The first-order chi connectivity index (χ1) is 12.6. The molecule has 1 aromatic heterocycles. The molecular formula is C20H21N3O2S. The quantitative estimate of drug-likeness (QED) is 0.498. The number of methoxy groups -OCH3 is 2. The van der Waals surface area contributed by atoms with Gasteiger partial charge in [-0.1, -0.05) is 12.1 Å². The van der Waals surface area contributed by atoms with E-state index in [1.54, 1.807) is 20.4 Å². The van der Waals surface area contributed by atoms with Crippen LogP contribution in [-0.2, 0) is 0 Å². The van der Waals surface area contributed by atoms with Crippen LogP contribution in [0, 0.1) is 13.8 Å². The summed E-state index contributed by atoms with van der Waals surface area (Å²) in [6.07, 6.45) is 1.69. The maximum atomic E-state index is 5.34. The molecule has 0 radical (unpaired) electrons. The van der Waals surface area contributed by atoms with Crippen molar-refractivity contribution in [2.75, 3.05) is 19.6 Å². The Morgan fingerprint density at radius 2 is 1.88 bits per heavy atom. The number of benzene rings is 2. The number of rotatable bonds is 6. The summed E-state index contributed by atoms with van der Waals surface area (Å²) < 4.78 is 10.6. The Bertz CT molecular complexity index is 935. The summed E-state index contributed by atoms with van der Waals surface area (Å²) in [4.78, 5) is 4.60. The summed E-state index contributed by atoms with van der Waals surface area (Å²) in [6, 6.07) is 11.9. The second kappa shape index (κ2) is 8.01. The van der Waals surface area contributed by atoms with Crippen LogP contribution in [0.5, 0.6) is 11.5 Å². The monoisotopic (exact) mass is 367 g/mol. The van der Waals surface area contributed by atoms with E-state index in [0.29, 0.717) is 0 Å². The van der Waals surface area contributed by atoms with Crippen LogP contribution in [-0.4, -0.2) is 25.4 Å². The Hall–Kier alpha value is -2.86. The molecule has 0 fully saturated rings. The molecule has 0 aliphatic carbocycles. The predicted molar refractivity (Wildman–Crippen MR) is 108 cm³/mol. The lowest BCUT2D eigenvalue weighted by molar-refractivity contribution is 0.402. The maximum absolute atomic E-state index is 5.34. The molecule has 1 N–H and O–H groups in total. The standard InChI is InChI=1S/C20H21N3O2S/c1-13-5-6-15(9-14(13)2)18-12-26-20(22-18)23-21-11-16-10-17(24-3)7-8-19(16)25-4/h5-12H,1-4H3,(H,22,23)/b21-11-. The average Bonchev–Trinajstić information content (AvgIpc) is 3.12. The number of nitrogens with one attached hydrogen (secondary N) is 1. The van der Waals surface area contributed by atoms with Gasteiger partial charge in [0.15, 0.2) is 0 Å². The van der Waals surface area contributed by atoms with E-state index in [1.165, 1.54) is 22.5 Å². The molecular weight excluding hydrogens is 346 g/mol. The van der Waals surface area contributed by atoms with Gasteiger partial charge in [0.2, 0.25) is 5.13 Å². The molecule has 0 spiro atoms. The molecule has 1 heterocycles. The van der Waals surface area contributed by atoms with Crippen molar-refractivity contribution in [2.45, 2.75) is 13.8 Å². The largest absolute Gasteiger partial charge is 0.497 e. The van der Waals surface area contributed by atoms with Crippen LogP contribution < -0.4 is 14.9 Å². The van der Waals surface area contributed by atoms with E-state index in [0.717, 1.165) is 33.5 Å². The highest BCUT2D eigenvalue weighted by Crippen LogP contribution is 2.27. The minimum absolute atomic E-state index is 0.728. The van der Waals surface area contributed by atoms with Crippen LogP contribution in [0.15, 0.2) is 46.9 Å². The van der Waals surface area contributed by atoms with Crippen molar-refractivity contribution < 1.29 is 9.47 Å². The summed E-state index contributed by atoms with van der Waals surface area (Å²) in [6.45, 7) is 4.21. The lowest BCUT2D eigenvalue weighted by atomic mass is 10.1. The first kappa shape index (κ1) is 17.9. The van der Waals surface area contributed by atoms with Crippen LogP contribution in [0.25, 0.3) is 11.3 Å². The highest BCUT2D eigenvalue weighted by atomic mass is 32.1. The van der Waals surface area contributed by atoms with Gasteiger partial charge in [-0.3, -0.25) is 5.43 Å². The van der Waals surface area contributed by atoms with Crippen LogP contribution in [0.1, 0.15) is 16.7 Å². The molecule has 0 aliphatic rings. The zero-order chi connectivity index (χ0) is 18.5. The van der Waals surface area contributed by atoms with E-state index in [2.05, 4.69) is 47.6 Å². The van der Waals surface area contributed by atoms with Gasteiger partial charge in [-0.2, -0.15) is 5.10 Å². The zero-order valence-corrected chi connectivity index (χ0v) is 16.1. The molecule has 0 atom stereocenters. The predicted octanol–water partition coefficient (Wildman–Crippen LogP) is 4.89. The van der Waals surface area contributed by atoms with E-state index < -0.39 is 0 Å². The van der Waals surface area contributed by atoms with Gasteiger partial charge in [0, 0.05) is 16.5 Å². The molecule has 26 heavy (non-hydrogen) atoms. The van der Waals surface area contributed by atoms with Gasteiger partial charge in [-0.25, -0.2) is 4.98 Å². The fraction of sp³-hybridized carbons (Fsp3) is 0.200. The number of anilines is 1. The molecule has 2 aromatic carbocycles. The number of thiazole rings is 1. The summed E-state index contributed by atoms with van der Waals surface area (Å²) in [5.74, 6) is 1.48. The minimum Gasteiger partial charge on any atom is -0.497 e. The van der Waals surface area contributed by atoms with E-state index in [1.807, 2.05) is 23.6 Å². The smallest absolute Gasteiger partial charge is 0.203 e. The minimum atomic E-state index is 0.728. The summed E-state index contributed by atoms with van der Waals surface area (Å²) >= 11 is 1.52. The van der Waals surface area contributed by atoms with Crippen LogP contribution >= 0.6 is 11.3 Å². The molecule has 0 saturated carbocycles. The number of hydrazone groups is 1. The molecule has 5 nitrogen and oxygen atoms in total. The van der Waals surface area contributed by atoms with Crippen molar-refractivity contribution in [1.82, 2.24) is 4.98 Å². The number of aryl methyl sites for hydroxylation is 2. The van der Waals surface area contributed by atoms with Gasteiger partial charge < -0.3 is 9.47 Å². The zero-order valence-electron chi connectivity index (χ0n) is 15.2. The van der Waals surface area contributed by atoms with Crippen LogP contribution in [0.3, 0.4) is 0 Å². The molecule has 134 valence electrons. The Morgan fingerprint density at radius 3 is 2.62 bits per heavy atom. The number of aromatic nitrogens is 1. The van der Waals surface area contributed by atoms with Crippen molar-refractivity contribution in [3.63, 3.8) is 0 Å². The molecule has 0 bridgehead atoms. The van der Waals surface area contributed by atoms with Gasteiger partial charge in [-0.05, 0) is 49.2 Å². The van der Waals surface area contributed by atoms with E-state index in [-0.39, 0.29) is 0 Å². The Kier molecular flexibility index (Phi) is 5.53. The van der Waals surface area contributed by atoms with E-state index in [4.69, 9.17) is 9.47 Å². The third-order valence-electron chi connectivity index (χ3n) is 4.11. The lowest BCUT2D eigenvalue weighted by Crippen LogP contribution is -1.95. The number of hydrogen-bond donors (Lipinski definition) is 1. The van der Waals surface area contributed by atoms with Gasteiger partial charge in [-0.15, -0.1) is 11.3 Å². The van der Waals surface area contributed by atoms with Gasteiger partial charge in [0.05, 0.1) is 26.1 Å². The lowest BCUT2D eigenvalue weighted by Gasteiger charge is -2.06. The first-order valence-electron chi connectivity index (χ1n) is 8.15. The van der Waals surface area contributed by atoms with E-state index in [9.17, 15) is 0 Å². The second-order valence-electron chi connectivity index (χ2n) is 5.81. The maximum Gasteiger partial charge on any atom is 0.203 e. The fourth-order valence-electron chi connectivity index (χ4n) is 2.46. The Morgan fingerprint density at radius 1 is 1.04 bits per heavy atom. The Labute approximate surface area is 157 Å². The fourth-order valence-corrected chi connectivity index (χ4v) is 3.12. The average molecular weight is 367 g/mol. The SMILES string of the molecule is COc1ccc(OC)c(/C=N\Nc2nc(-c3ccc(C)c(C)c3)cs2)c1. The van der Waals surface area contributed by atoms with Crippen molar-refractivity contribution in [2.24, 2.45) is 5.10 Å². The second-order valence-corrected chi connectivity index (χ2v) is 6.67. The first-order valence-corrected chi connectivity index (χ1v) is 9.03. The van der Waals surface area contributed by atoms with Gasteiger partial charge in [0.1, 0.15) is 11.5 Å². The number of nitrogens with zero attached hydrogens (tertiary/aromatic N) is 2. The highest BCUT2D eigenvalue weighted by Gasteiger charge is 2.06. The third kappa shape index (κ3) is 4.03. The molecule has 3 aromatic rings. The van der Waals surface area contributed by atoms with Gasteiger partial charge >= 0.3 is 0 Å². The molecule has 0 amide bonds. The number of hydrogen-bond acceptors (Lipinski definition) is 6. The Balaban J connectivity index is 1.74. The van der Waals surface area contributed by atoms with E-state index >= 15 is 0 Å². The van der Waals surface area contributed by atoms with Gasteiger partial charge in [0.25, 0.3) is 0 Å². The van der Waals surface area contributed by atoms with Crippen molar-refractivity contribution in [3.8, 4) is 22.8 Å². The third-order valence-corrected chi connectivity index (χ3v) is 4.85. The van der Waals surface area contributed by atoms with Crippen LogP contribution in [0.2, 0.25) is 0 Å². The van der Waals surface area contributed by atoms with Crippen molar-refractivity contribution in [1.29, 1.82) is 0 Å². The van der Waals surface area contributed by atoms with Crippen LogP contribution in [0.4, 0.5) is 5.13 Å². The highest BCUT2D eigenvalue weighted by molar-refractivity contribution is 7.14. The topological polar surface area (TPSA) is 55.7 Å². The molecule has 0 aliphatic heterocycles. The van der Waals surface area contributed by atoms with Crippen molar-refractivity contribution in [3.05, 3.63) is 58.5 Å². The number of ether oxygens (including phenoxy) is 2. The molecule has 0 unspecified atom stereocenters. The molecule has 0 saturated heterocycles. The van der Waals surface area contributed by atoms with Crippen molar-refractivity contribution >= 4 is 22.7 Å². The molecule has 6 heteroatoms. The summed E-state index contributed by atoms with van der Waals surface area (Å²) in [5, 5.41) is 7.03. The summed E-state index contributed by atoms with van der Waals surface area (Å²) in [5.41, 5.74) is 8.38. The molecule has 3 rings (SSSR count). The summed E-state index contributed by atoms with van der Waals surface area (Å²) in [7, 11) is 3.26.